The highest BCUT2D eigenvalue weighted by atomic mass is 79.9. The van der Waals surface area contributed by atoms with Crippen LogP contribution in [0.3, 0.4) is 0 Å². The number of pyridine rings is 1. The van der Waals surface area contributed by atoms with Gasteiger partial charge in [0.15, 0.2) is 5.65 Å². The Morgan fingerprint density at radius 2 is 2.00 bits per heavy atom. The van der Waals surface area contributed by atoms with Crippen molar-refractivity contribution in [1.29, 1.82) is 0 Å². The lowest BCUT2D eigenvalue weighted by molar-refractivity contribution is 0.629. The molecule has 4 nitrogen and oxygen atoms in total. The summed E-state index contributed by atoms with van der Waals surface area (Å²) in [5.74, 6) is 0.456. The minimum Gasteiger partial charge on any atom is -0.384 e. The van der Waals surface area contributed by atoms with Crippen LogP contribution in [-0.4, -0.2) is 15.0 Å². The second kappa shape index (κ2) is 4.06. The lowest BCUT2D eigenvalue weighted by Crippen LogP contribution is -1.89. The average molecular weight is 307 g/mol. The summed E-state index contributed by atoms with van der Waals surface area (Å²) >= 11 is 3.31. The molecule has 18 heavy (non-hydrogen) atoms. The molecule has 90 valence electrons. The summed E-state index contributed by atoms with van der Waals surface area (Å²) in [6.07, 6.45) is 0. The maximum Gasteiger partial charge on any atom is 0.180 e. The van der Waals surface area contributed by atoms with Crippen LogP contribution in [0.4, 0.5) is 10.2 Å². The van der Waals surface area contributed by atoms with Crippen LogP contribution in [0.2, 0.25) is 0 Å². The molecule has 0 saturated heterocycles. The molecule has 0 aliphatic carbocycles. The number of benzene rings is 1. The number of hydrogen-bond acceptors (Lipinski definition) is 3. The number of aromatic nitrogens is 3. The monoisotopic (exact) mass is 306 g/mol. The third kappa shape index (κ3) is 1.74. The Morgan fingerprint density at radius 1 is 1.17 bits per heavy atom. The van der Waals surface area contributed by atoms with E-state index in [4.69, 9.17) is 5.73 Å². The Labute approximate surface area is 110 Å². The summed E-state index contributed by atoms with van der Waals surface area (Å²) in [4.78, 5) is 11.3. The van der Waals surface area contributed by atoms with Crippen LogP contribution in [0.15, 0.2) is 34.8 Å². The number of rotatable bonds is 1. The second-order valence-electron chi connectivity index (χ2n) is 3.79. The summed E-state index contributed by atoms with van der Waals surface area (Å²) in [5.41, 5.74) is 7.16. The first-order valence-electron chi connectivity index (χ1n) is 5.22. The summed E-state index contributed by atoms with van der Waals surface area (Å²) in [7, 11) is 0. The molecule has 0 fully saturated rings. The van der Waals surface area contributed by atoms with Gasteiger partial charge in [-0.25, -0.2) is 14.4 Å². The third-order valence-electron chi connectivity index (χ3n) is 2.57. The topological polar surface area (TPSA) is 67.6 Å². The molecule has 3 rings (SSSR count). The lowest BCUT2D eigenvalue weighted by Gasteiger charge is -2.01. The number of nitrogen functional groups attached to an aromatic ring is 1. The molecule has 3 N–H and O–H groups in total. The van der Waals surface area contributed by atoms with Gasteiger partial charge in [0.1, 0.15) is 17.5 Å². The van der Waals surface area contributed by atoms with E-state index in [0.717, 1.165) is 0 Å². The standard InChI is InChI=1S/C12H8BrFN4/c13-6-2-1-3-7(14)10(6)12-16-8-4-5-9(15)17-11(8)18-12/h1-5H,(H3,15,16,17,18). The maximum atomic E-state index is 13.8. The van der Waals surface area contributed by atoms with Gasteiger partial charge in [-0.3, -0.25) is 0 Å². The van der Waals surface area contributed by atoms with E-state index < -0.39 is 0 Å². The SMILES string of the molecule is Nc1ccc2[nH]c(-c3c(F)cccc3Br)nc2n1. The quantitative estimate of drug-likeness (QED) is 0.726. The molecule has 6 heteroatoms. The number of aromatic amines is 1. The molecule has 3 aromatic rings. The van der Waals surface area contributed by atoms with Crippen LogP contribution in [0.1, 0.15) is 0 Å². The van der Waals surface area contributed by atoms with Crippen molar-refractivity contribution in [2.45, 2.75) is 0 Å². The van der Waals surface area contributed by atoms with Gasteiger partial charge in [-0.15, -0.1) is 0 Å². The van der Waals surface area contributed by atoms with E-state index in [2.05, 4.69) is 30.9 Å². The summed E-state index contributed by atoms with van der Waals surface area (Å²) in [5, 5.41) is 0. The molecule has 0 aliphatic heterocycles. The largest absolute Gasteiger partial charge is 0.384 e. The predicted molar refractivity (Wildman–Crippen MR) is 71.4 cm³/mol. The van der Waals surface area contributed by atoms with E-state index in [0.29, 0.717) is 32.8 Å². The van der Waals surface area contributed by atoms with Crippen molar-refractivity contribution in [2.75, 3.05) is 5.73 Å². The molecule has 0 radical (unpaired) electrons. The van der Waals surface area contributed by atoms with Gasteiger partial charge in [0.2, 0.25) is 0 Å². The van der Waals surface area contributed by atoms with Crippen LogP contribution < -0.4 is 5.73 Å². The average Bonchev–Trinajstić information content (AvgIpc) is 2.71. The van der Waals surface area contributed by atoms with Gasteiger partial charge in [-0.2, -0.15) is 0 Å². The predicted octanol–water partition coefficient (Wildman–Crippen LogP) is 3.11. The van der Waals surface area contributed by atoms with Crippen LogP contribution >= 0.6 is 15.9 Å². The van der Waals surface area contributed by atoms with Gasteiger partial charge < -0.3 is 10.7 Å². The fourth-order valence-electron chi connectivity index (χ4n) is 1.75. The number of fused-ring (bicyclic) bond motifs is 1. The molecular formula is C12H8BrFN4. The molecule has 0 saturated carbocycles. The van der Waals surface area contributed by atoms with E-state index in [9.17, 15) is 4.39 Å². The van der Waals surface area contributed by atoms with Crippen LogP contribution in [0.5, 0.6) is 0 Å². The zero-order valence-corrected chi connectivity index (χ0v) is 10.7. The Bertz CT molecular complexity index is 718. The molecule has 1 aromatic carbocycles. The molecule has 2 aromatic heterocycles. The number of nitrogens with two attached hydrogens (primary N) is 1. The number of H-pyrrole nitrogens is 1. The Morgan fingerprint density at radius 3 is 2.78 bits per heavy atom. The van der Waals surface area contributed by atoms with Crippen LogP contribution in [-0.2, 0) is 0 Å². The van der Waals surface area contributed by atoms with Gasteiger partial charge in [-0.05, 0) is 40.2 Å². The first-order chi connectivity index (χ1) is 8.65. The fourth-order valence-corrected chi connectivity index (χ4v) is 2.28. The molecule has 0 atom stereocenters. The number of nitrogens with one attached hydrogen (secondary N) is 1. The summed E-state index contributed by atoms with van der Waals surface area (Å²) < 4.78 is 14.4. The van der Waals surface area contributed by atoms with Crippen molar-refractivity contribution in [3.63, 3.8) is 0 Å². The molecular weight excluding hydrogens is 299 g/mol. The van der Waals surface area contributed by atoms with E-state index in [-0.39, 0.29) is 5.82 Å². The Kier molecular flexibility index (Phi) is 2.52. The molecule has 0 unspecified atom stereocenters. The van der Waals surface area contributed by atoms with E-state index in [1.54, 1.807) is 24.3 Å². The number of anilines is 1. The number of hydrogen-bond donors (Lipinski definition) is 2. The van der Waals surface area contributed by atoms with E-state index >= 15 is 0 Å². The van der Waals surface area contributed by atoms with Gasteiger partial charge in [-0.1, -0.05) is 6.07 Å². The van der Waals surface area contributed by atoms with Crippen LogP contribution in [0.25, 0.3) is 22.6 Å². The Balaban J connectivity index is 2.26. The Hall–Kier alpha value is -1.95. The van der Waals surface area contributed by atoms with Crippen molar-refractivity contribution < 1.29 is 4.39 Å². The van der Waals surface area contributed by atoms with E-state index in [1.807, 2.05) is 0 Å². The second-order valence-corrected chi connectivity index (χ2v) is 4.64. The van der Waals surface area contributed by atoms with Crippen molar-refractivity contribution in [3.05, 3.63) is 40.6 Å². The lowest BCUT2D eigenvalue weighted by atomic mass is 10.2. The third-order valence-corrected chi connectivity index (χ3v) is 3.23. The first kappa shape index (κ1) is 11.2. The van der Waals surface area contributed by atoms with Gasteiger partial charge >= 0.3 is 0 Å². The summed E-state index contributed by atoms with van der Waals surface area (Å²) in [6, 6.07) is 8.20. The van der Waals surface area contributed by atoms with Gasteiger partial charge in [0, 0.05) is 4.47 Å². The van der Waals surface area contributed by atoms with Gasteiger partial charge in [0.25, 0.3) is 0 Å². The molecule has 0 aliphatic rings. The zero-order valence-electron chi connectivity index (χ0n) is 9.11. The van der Waals surface area contributed by atoms with Crippen molar-refractivity contribution in [1.82, 2.24) is 15.0 Å². The molecule has 0 amide bonds. The smallest absolute Gasteiger partial charge is 0.180 e. The van der Waals surface area contributed by atoms with E-state index in [1.165, 1.54) is 6.07 Å². The highest BCUT2D eigenvalue weighted by Crippen LogP contribution is 2.29. The number of nitrogens with zero attached hydrogens (tertiary/aromatic N) is 2. The highest BCUT2D eigenvalue weighted by molar-refractivity contribution is 9.10. The van der Waals surface area contributed by atoms with Crippen LogP contribution in [0, 0.1) is 5.82 Å². The highest BCUT2D eigenvalue weighted by Gasteiger charge is 2.13. The summed E-state index contributed by atoms with van der Waals surface area (Å²) in [6.45, 7) is 0. The minimum atomic E-state index is -0.351. The molecule has 0 bridgehead atoms. The minimum absolute atomic E-state index is 0.351. The fraction of sp³-hybridized carbons (Fsp3) is 0. The van der Waals surface area contributed by atoms with Crippen molar-refractivity contribution in [2.24, 2.45) is 0 Å². The van der Waals surface area contributed by atoms with Crippen molar-refractivity contribution >= 4 is 32.9 Å². The normalized spacial score (nSPS) is 11.0. The molecule has 2 heterocycles. The zero-order chi connectivity index (χ0) is 12.7. The first-order valence-corrected chi connectivity index (χ1v) is 6.01. The number of halogens is 2. The molecule has 0 spiro atoms. The van der Waals surface area contributed by atoms with Gasteiger partial charge in [0.05, 0.1) is 11.1 Å². The number of imidazole rings is 1. The van der Waals surface area contributed by atoms with Crippen molar-refractivity contribution in [3.8, 4) is 11.4 Å². The maximum absolute atomic E-state index is 13.8.